The molecule has 2 rings (SSSR count). The molecule has 100 valence electrons. The zero-order valence-corrected chi connectivity index (χ0v) is 11.3. The molecule has 0 spiro atoms. The van der Waals surface area contributed by atoms with Crippen LogP contribution in [0.15, 0.2) is 42.5 Å². The largest absolute Gasteiger partial charge is 0.497 e. The van der Waals surface area contributed by atoms with Crippen LogP contribution in [-0.2, 0) is 6.42 Å². The maximum atomic E-state index is 5.61. The maximum Gasteiger partial charge on any atom is 0.126 e. The first kappa shape index (κ1) is 13.4. The molecule has 0 heterocycles. The predicted molar refractivity (Wildman–Crippen MR) is 77.7 cm³/mol. The minimum Gasteiger partial charge on any atom is -0.497 e. The van der Waals surface area contributed by atoms with Crippen molar-refractivity contribution in [3.8, 4) is 22.6 Å². The number of benzene rings is 2. The number of ether oxygens (including phenoxy) is 2. The lowest BCUT2D eigenvalue weighted by Gasteiger charge is -2.11. The van der Waals surface area contributed by atoms with Gasteiger partial charge in [-0.2, -0.15) is 0 Å². The maximum absolute atomic E-state index is 5.61. The first-order chi connectivity index (χ1) is 9.28. The van der Waals surface area contributed by atoms with Crippen LogP contribution in [0.2, 0.25) is 0 Å². The summed E-state index contributed by atoms with van der Waals surface area (Å²) in [7, 11) is 3.35. The predicted octanol–water partition coefficient (Wildman–Crippen LogP) is 2.87. The van der Waals surface area contributed by atoms with Crippen molar-refractivity contribution in [3.05, 3.63) is 48.0 Å². The van der Waals surface area contributed by atoms with E-state index in [9.17, 15) is 0 Å². The van der Waals surface area contributed by atoms with E-state index in [1.54, 1.807) is 14.2 Å². The third-order valence-corrected chi connectivity index (χ3v) is 3.10. The van der Waals surface area contributed by atoms with Crippen LogP contribution in [0.25, 0.3) is 11.1 Å². The average Bonchev–Trinajstić information content (AvgIpc) is 2.47. The van der Waals surface area contributed by atoms with Gasteiger partial charge in [0.05, 0.1) is 14.2 Å². The minimum absolute atomic E-state index is 0.647. The van der Waals surface area contributed by atoms with Crippen molar-refractivity contribution in [2.24, 2.45) is 5.73 Å². The molecule has 0 saturated carbocycles. The molecule has 0 radical (unpaired) electrons. The second-order valence-corrected chi connectivity index (χ2v) is 4.30. The highest BCUT2D eigenvalue weighted by Crippen LogP contribution is 2.32. The molecule has 0 atom stereocenters. The molecule has 3 heteroatoms. The van der Waals surface area contributed by atoms with Crippen molar-refractivity contribution in [2.45, 2.75) is 6.42 Å². The van der Waals surface area contributed by atoms with E-state index in [-0.39, 0.29) is 0 Å². The van der Waals surface area contributed by atoms with Crippen molar-refractivity contribution < 1.29 is 9.47 Å². The summed E-state index contributed by atoms with van der Waals surface area (Å²) in [5.41, 5.74) is 9.01. The Morgan fingerprint density at radius 2 is 1.68 bits per heavy atom. The first-order valence-corrected chi connectivity index (χ1v) is 6.30. The van der Waals surface area contributed by atoms with Crippen LogP contribution >= 0.6 is 0 Å². The molecule has 0 bridgehead atoms. The molecule has 0 unspecified atom stereocenters. The van der Waals surface area contributed by atoms with Gasteiger partial charge in [0.25, 0.3) is 0 Å². The van der Waals surface area contributed by atoms with Crippen molar-refractivity contribution >= 4 is 0 Å². The smallest absolute Gasteiger partial charge is 0.126 e. The van der Waals surface area contributed by atoms with Crippen molar-refractivity contribution in [2.75, 3.05) is 20.8 Å². The second-order valence-electron chi connectivity index (χ2n) is 4.30. The van der Waals surface area contributed by atoms with Crippen LogP contribution in [-0.4, -0.2) is 20.8 Å². The molecule has 0 aliphatic carbocycles. The van der Waals surface area contributed by atoms with Crippen molar-refractivity contribution in [1.82, 2.24) is 0 Å². The Hall–Kier alpha value is -2.00. The van der Waals surface area contributed by atoms with Gasteiger partial charge < -0.3 is 15.2 Å². The Bertz CT molecular complexity index is 535. The number of hydrogen-bond acceptors (Lipinski definition) is 3. The number of rotatable bonds is 5. The summed E-state index contributed by atoms with van der Waals surface area (Å²) in [6.45, 7) is 0.647. The lowest BCUT2D eigenvalue weighted by Crippen LogP contribution is -2.03. The Morgan fingerprint density at radius 3 is 2.26 bits per heavy atom. The van der Waals surface area contributed by atoms with Gasteiger partial charge in [-0.3, -0.25) is 0 Å². The van der Waals surface area contributed by atoms with E-state index in [2.05, 4.69) is 12.1 Å². The van der Waals surface area contributed by atoms with Gasteiger partial charge in [0, 0.05) is 5.56 Å². The van der Waals surface area contributed by atoms with Crippen LogP contribution in [0, 0.1) is 0 Å². The summed E-state index contributed by atoms with van der Waals surface area (Å²) in [6, 6.07) is 14.1. The van der Waals surface area contributed by atoms with Gasteiger partial charge in [0.2, 0.25) is 0 Å². The first-order valence-electron chi connectivity index (χ1n) is 6.30. The topological polar surface area (TPSA) is 44.5 Å². The summed E-state index contributed by atoms with van der Waals surface area (Å²) in [5.74, 6) is 1.71. The van der Waals surface area contributed by atoms with E-state index in [0.29, 0.717) is 6.54 Å². The lowest BCUT2D eigenvalue weighted by atomic mass is 10.0. The highest BCUT2D eigenvalue weighted by molar-refractivity contribution is 5.71. The van der Waals surface area contributed by atoms with Gasteiger partial charge in [0.1, 0.15) is 11.5 Å². The quantitative estimate of drug-likeness (QED) is 0.895. The normalized spacial score (nSPS) is 10.3. The van der Waals surface area contributed by atoms with Gasteiger partial charge in [-0.25, -0.2) is 0 Å². The van der Waals surface area contributed by atoms with Crippen LogP contribution in [0.1, 0.15) is 5.56 Å². The van der Waals surface area contributed by atoms with Crippen LogP contribution in [0.3, 0.4) is 0 Å². The zero-order chi connectivity index (χ0) is 13.7. The van der Waals surface area contributed by atoms with E-state index in [4.69, 9.17) is 15.2 Å². The van der Waals surface area contributed by atoms with E-state index in [0.717, 1.165) is 29.0 Å². The highest BCUT2D eigenvalue weighted by Gasteiger charge is 2.07. The molecule has 2 aromatic rings. The SMILES string of the molecule is COc1ccc(-c2cc(CCN)ccc2OC)cc1. The highest BCUT2D eigenvalue weighted by atomic mass is 16.5. The Kier molecular flexibility index (Phi) is 4.42. The molecular formula is C16H19NO2. The third-order valence-electron chi connectivity index (χ3n) is 3.10. The van der Waals surface area contributed by atoms with Gasteiger partial charge >= 0.3 is 0 Å². The third kappa shape index (κ3) is 3.06. The van der Waals surface area contributed by atoms with E-state index >= 15 is 0 Å². The van der Waals surface area contributed by atoms with E-state index in [1.165, 1.54) is 5.56 Å². The molecule has 0 fully saturated rings. The van der Waals surface area contributed by atoms with Crippen LogP contribution in [0.4, 0.5) is 0 Å². The molecule has 2 aromatic carbocycles. The number of hydrogen-bond donors (Lipinski definition) is 1. The molecule has 0 aromatic heterocycles. The Balaban J connectivity index is 2.42. The van der Waals surface area contributed by atoms with Gasteiger partial charge in [-0.15, -0.1) is 0 Å². The lowest BCUT2D eigenvalue weighted by molar-refractivity contribution is 0.414. The molecule has 0 saturated heterocycles. The fourth-order valence-corrected chi connectivity index (χ4v) is 2.07. The summed E-state index contributed by atoms with van der Waals surface area (Å²) in [5, 5.41) is 0. The molecule has 3 nitrogen and oxygen atoms in total. The second kappa shape index (κ2) is 6.25. The van der Waals surface area contributed by atoms with Gasteiger partial charge in [-0.1, -0.05) is 18.2 Å². The van der Waals surface area contributed by atoms with E-state index in [1.807, 2.05) is 30.3 Å². The van der Waals surface area contributed by atoms with E-state index < -0.39 is 0 Å². The average molecular weight is 257 g/mol. The molecular weight excluding hydrogens is 238 g/mol. The summed E-state index contributed by atoms with van der Waals surface area (Å²) in [6.07, 6.45) is 0.868. The zero-order valence-electron chi connectivity index (χ0n) is 11.3. The number of nitrogens with two attached hydrogens (primary N) is 1. The fourth-order valence-electron chi connectivity index (χ4n) is 2.07. The van der Waals surface area contributed by atoms with Crippen LogP contribution in [0.5, 0.6) is 11.5 Å². The number of methoxy groups -OCH3 is 2. The molecule has 0 aliphatic heterocycles. The molecule has 19 heavy (non-hydrogen) atoms. The molecule has 0 amide bonds. The Labute approximate surface area is 114 Å². The summed E-state index contributed by atoms with van der Waals surface area (Å²) >= 11 is 0. The molecule has 2 N–H and O–H groups in total. The van der Waals surface area contributed by atoms with Gasteiger partial charge in [0.15, 0.2) is 0 Å². The van der Waals surface area contributed by atoms with Crippen molar-refractivity contribution in [3.63, 3.8) is 0 Å². The van der Waals surface area contributed by atoms with Crippen LogP contribution < -0.4 is 15.2 Å². The fraction of sp³-hybridized carbons (Fsp3) is 0.250. The molecule has 0 aliphatic rings. The summed E-state index contributed by atoms with van der Waals surface area (Å²) in [4.78, 5) is 0. The Morgan fingerprint density at radius 1 is 0.947 bits per heavy atom. The van der Waals surface area contributed by atoms with Crippen molar-refractivity contribution in [1.29, 1.82) is 0 Å². The minimum atomic E-state index is 0.647. The monoisotopic (exact) mass is 257 g/mol. The summed E-state index contributed by atoms with van der Waals surface area (Å²) < 4.78 is 10.6. The van der Waals surface area contributed by atoms with Gasteiger partial charge in [-0.05, 0) is 48.4 Å². The standard InChI is InChI=1S/C16H19NO2/c1-18-14-6-4-13(5-7-14)15-11-12(9-10-17)3-8-16(15)19-2/h3-8,11H,9-10,17H2,1-2H3.